The lowest BCUT2D eigenvalue weighted by Crippen LogP contribution is -2.51. The minimum absolute atomic E-state index is 0.0849. The summed E-state index contributed by atoms with van der Waals surface area (Å²) >= 11 is 12.5. The maximum absolute atomic E-state index is 13.5. The van der Waals surface area contributed by atoms with E-state index in [0.717, 1.165) is 47.9 Å². The number of benzene rings is 2. The minimum atomic E-state index is -0.555. The van der Waals surface area contributed by atoms with Gasteiger partial charge in [-0.05, 0) is 56.4 Å². The van der Waals surface area contributed by atoms with Crippen LogP contribution < -0.4 is 5.32 Å². The molecule has 2 aromatic carbocycles. The summed E-state index contributed by atoms with van der Waals surface area (Å²) in [5.41, 5.74) is 3.96. The number of nitrogens with zero attached hydrogens (tertiary/aromatic N) is 1. The van der Waals surface area contributed by atoms with Crippen LogP contribution in [-0.4, -0.2) is 28.8 Å². The summed E-state index contributed by atoms with van der Waals surface area (Å²) in [6.07, 6.45) is 5.04. The Bertz CT molecular complexity index is 950. The lowest BCUT2D eigenvalue weighted by atomic mass is 10.0. The molecule has 0 bridgehead atoms. The number of carbonyl (C=O) groups excluding carboxylic acids is 2. The van der Waals surface area contributed by atoms with E-state index in [-0.39, 0.29) is 30.8 Å². The molecule has 32 heavy (non-hydrogen) atoms. The molecule has 2 amide bonds. The minimum Gasteiger partial charge on any atom is -0.352 e. The first kappa shape index (κ1) is 24.6. The van der Waals surface area contributed by atoms with E-state index in [9.17, 15) is 9.59 Å². The third-order valence-electron chi connectivity index (χ3n) is 6.08. The fraction of sp³-hybridized carbons (Fsp3) is 0.462. The van der Waals surface area contributed by atoms with Crippen LogP contribution >= 0.6 is 23.2 Å². The van der Waals surface area contributed by atoms with E-state index in [0.29, 0.717) is 16.5 Å². The molecule has 2 aromatic rings. The van der Waals surface area contributed by atoms with E-state index in [1.807, 2.05) is 39.0 Å². The topological polar surface area (TPSA) is 49.4 Å². The van der Waals surface area contributed by atoms with E-state index < -0.39 is 6.04 Å². The van der Waals surface area contributed by atoms with Crippen molar-refractivity contribution in [1.82, 2.24) is 10.2 Å². The summed E-state index contributed by atoms with van der Waals surface area (Å²) in [6.45, 7) is 6.25. The number of carbonyl (C=O) groups is 2. The monoisotopic (exact) mass is 474 g/mol. The highest BCUT2D eigenvalue weighted by Crippen LogP contribution is 2.25. The van der Waals surface area contributed by atoms with Crippen molar-refractivity contribution in [2.45, 2.75) is 77.9 Å². The maximum atomic E-state index is 13.5. The van der Waals surface area contributed by atoms with E-state index in [1.165, 1.54) is 0 Å². The van der Waals surface area contributed by atoms with Crippen LogP contribution in [0.3, 0.4) is 0 Å². The molecule has 4 nitrogen and oxygen atoms in total. The largest absolute Gasteiger partial charge is 0.352 e. The number of amides is 2. The number of hydrogen-bond acceptors (Lipinski definition) is 2. The zero-order valence-electron chi connectivity index (χ0n) is 19.1. The average molecular weight is 475 g/mol. The van der Waals surface area contributed by atoms with Crippen molar-refractivity contribution in [3.63, 3.8) is 0 Å². The first-order valence-electron chi connectivity index (χ1n) is 11.4. The third-order valence-corrected chi connectivity index (χ3v) is 6.67. The molecule has 0 unspecified atom stereocenters. The predicted octanol–water partition coefficient (Wildman–Crippen LogP) is 6.02. The highest BCUT2D eigenvalue weighted by molar-refractivity contribution is 6.35. The molecule has 0 spiro atoms. The molecule has 1 N–H and O–H groups in total. The van der Waals surface area contributed by atoms with Crippen LogP contribution in [0.2, 0.25) is 10.0 Å². The number of hydrogen-bond donors (Lipinski definition) is 1. The Morgan fingerprint density at radius 1 is 1.06 bits per heavy atom. The molecule has 172 valence electrons. The molecule has 0 saturated heterocycles. The van der Waals surface area contributed by atoms with Gasteiger partial charge in [-0.3, -0.25) is 9.59 Å². The smallest absolute Gasteiger partial charge is 0.243 e. The van der Waals surface area contributed by atoms with Gasteiger partial charge in [0.05, 0.1) is 6.42 Å². The van der Waals surface area contributed by atoms with Crippen molar-refractivity contribution >= 4 is 35.0 Å². The zero-order valence-corrected chi connectivity index (χ0v) is 20.6. The van der Waals surface area contributed by atoms with Crippen molar-refractivity contribution in [1.29, 1.82) is 0 Å². The van der Waals surface area contributed by atoms with Gasteiger partial charge in [-0.2, -0.15) is 0 Å². The summed E-state index contributed by atoms with van der Waals surface area (Å²) in [7, 11) is 0. The fourth-order valence-electron chi connectivity index (χ4n) is 4.57. The summed E-state index contributed by atoms with van der Waals surface area (Å²) < 4.78 is 0. The summed E-state index contributed by atoms with van der Waals surface area (Å²) in [6, 6.07) is 11.0. The molecular weight excluding hydrogens is 443 g/mol. The van der Waals surface area contributed by atoms with Crippen molar-refractivity contribution in [2.75, 3.05) is 0 Å². The van der Waals surface area contributed by atoms with E-state index in [4.69, 9.17) is 23.2 Å². The van der Waals surface area contributed by atoms with Gasteiger partial charge in [-0.25, -0.2) is 0 Å². The first-order chi connectivity index (χ1) is 15.3. The van der Waals surface area contributed by atoms with Crippen molar-refractivity contribution < 1.29 is 9.59 Å². The second-order valence-corrected chi connectivity index (χ2v) is 9.69. The van der Waals surface area contributed by atoms with Gasteiger partial charge in [-0.1, -0.05) is 78.4 Å². The number of halogens is 2. The third kappa shape index (κ3) is 6.49. The Morgan fingerprint density at radius 2 is 1.72 bits per heavy atom. The molecule has 1 aliphatic carbocycles. The quantitative estimate of drug-likeness (QED) is 0.508. The number of rotatable bonds is 8. The number of aryl methyl sites for hydroxylation is 2. The molecule has 0 aromatic heterocycles. The predicted molar refractivity (Wildman–Crippen MR) is 131 cm³/mol. The van der Waals surface area contributed by atoms with Crippen molar-refractivity contribution in [3.05, 3.63) is 68.7 Å². The summed E-state index contributed by atoms with van der Waals surface area (Å²) in [5.74, 6) is -0.173. The van der Waals surface area contributed by atoms with Crippen molar-refractivity contribution in [3.8, 4) is 0 Å². The standard InChI is InChI=1S/C26H32Cl2N2O2/c1-4-24(26(32)29-22-7-5-6-8-22)30(16-20-9-10-21(27)15-23(20)28)25(31)14-19-12-17(2)11-18(3)13-19/h9-13,15,22,24H,4-8,14,16H2,1-3H3,(H,29,32)/t24-/m1/s1. The van der Waals surface area contributed by atoms with Crippen molar-refractivity contribution in [2.24, 2.45) is 0 Å². The first-order valence-corrected chi connectivity index (χ1v) is 12.1. The molecule has 1 fully saturated rings. The molecule has 0 aliphatic heterocycles. The molecular formula is C26H32Cl2N2O2. The van der Waals surface area contributed by atoms with Crippen LogP contribution in [0, 0.1) is 13.8 Å². The molecule has 0 radical (unpaired) electrons. The highest BCUT2D eigenvalue weighted by atomic mass is 35.5. The lowest BCUT2D eigenvalue weighted by molar-refractivity contribution is -0.141. The van der Waals surface area contributed by atoms with E-state index >= 15 is 0 Å². The van der Waals surface area contributed by atoms with Crippen LogP contribution in [-0.2, 0) is 22.6 Å². The maximum Gasteiger partial charge on any atom is 0.243 e. The van der Waals surface area contributed by atoms with Gasteiger partial charge in [0, 0.05) is 22.6 Å². The fourth-order valence-corrected chi connectivity index (χ4v) is 5.04. The summed E-state index contributed by atoms with van der Waals surface area (Å²) in [5, 5.41) is 4.20. The van der Waals surface area contributed by atoms with Gasteiger partial charge in [0.2, 0.25) is 11.8 Å². The molecule has 1 aliphatic rings. The Kier molecular flexibility index (Phi) is 8.61. The number of nitrogens with one attached hydrogen (secondary N) is 1. The van der Waals surface area contributed by atoms with Gasteiger partial charge in [-0.15, -0.1) is 0 Å². The SMILES string of the molecule is CC[C@H](C(=O)NC1CCCC1)N(Cc1ccc(Cl)cc1Cl)C(=O)Cc1cc(C)cc(C)c1. The Morgan fingerprint density at radius 3 is 2.31 bits per heavy atom. The summed E-state index contributed by atoms with van der Waals surface area (Å²) in [4.78, 5) is 28.4. The highest BCUT2D eigenvalue weighted by Gasteiger charge is 2.31. The van der Waals surface area contributed by atoms with Crippen LogP contribution in [0.25, 0.3) is 0 Å². The molecule has 6 heteroatoms. The second-order valence-electron chi connectivity index (χ2n) is 8.84. The molecule has 1 saturated carbocycles. The van der Waals surface area contributed by atoms with Gasteiger partial charge in [0.1, 0.15) is 6.04 Å². The van der Waals surface area contributed by atoms with Gasteiger partial charge in [0.15, 0.2) is 0 Å². The zero-order chi connectivity index (χ0) is 23.3. The molecule has 0 heterocycles. The van der Waals surface area contributed by atoms with Gasteiger partial charge >= 0.3 is 0 Å². The second kappa shape index (κ2) is 11.2. The Labute approximate surface area is 201 Å². The van der Waals surface area contributed by atoms with E-state index in [2.05, 4.69) is 11.4 Å². The van der Waals surface area contributed by atoms with Crippen LogP contribution in [0.4, 0.5) is 0 Å². The van der Waals surface area contributed by atoms with Crippen LogP contribution in [0.5, 0.6) is 0 Å². The Hall–Kier alpha value is -2.04. The normalized spacial score (nSPS) is 14.9. The Balaban J connectivity index is 1.87. The van der Waals surface area contributed by atoms with Crippen LogP contribution in [0.15, 0.2) is 36.4 Å². The van der Waals surface area contributed by atoms with Gasteiger partial charge < -0.3 is 10.2 Å². The lowest BCUT2D eigenvalue weighted by Gasteiger charge is -2.32. The molecule has 3 rings (SSSR count). The van der Waals surface area contributed by atoms with E-state index in [1.54, 1.807) is 17.0 Å². The van der Waals surface area contributed by atoms with Crippen LogP contribution in [0.1, 0.15) is 61.3 Å². The van der Waals surface area contributed by atoms with Gasteiger partial charge in [0.25, 0.3) is 0 Å². The molecule has 1 atom stereocenters. The average Bonchev–Trinajstić information content (AvgIpc) is 3.21.